The average molecular weight is 359 g/mol. The molecule has 0 atom stereocenters. The van der Waals surface area contributed by atoms with Crippen LogP contribution in [0.1, 0.15) is 34.3 Å². The van der Waals surface area contributed by atoms with Crippen LogP contribution in [0, 0.1) is 6.92 Å². The van der Waals surface area contributed by atoms with Crippen molar-refractivity contribution >= 4 is 22.6 Å². The quantitative estimate of drug-likeness (QED) is 0.546. The molecule has 1 aromatic carbocycles. The van der Waals surface area contributed by atoms with Crippen LogP contribution in [-0.4, -0.2) is 26.7 Å². The summed E-state index contributed by atoms with van der Waals surface area (Å²) in [4.78, 5) is 31.8. The highest BCUT2D eigenvalue weighted by Gasteiger charge is 2.20. The van der Waals surface area contributed by atoms with Crippen molar-refractivity contribution in [2.45, 2.75) is 20.3 Å². The van der Waals surface area contributed by atoms with E-state index in [-0.39, 0.29) is 17.3 Å². The summed E-state index contributed by atoms with van der Waals surface area (Å²) in [6.07, 6.45) is 3.71. The van der Waals surface area contributed by atoms with Crippen molar-refractivity contribution in [2.75, 3.05) is 0 Å². The van der Waals surface area contributed by atoms with E-state index < -0.39 is 0 Å². The lowest BCUT2D eigenvalue weighted by Crippen LogP contribution is -2.01. The van der Waals surface area contributed by atoms with Crippen LogP contribution in [0.2, 0.25) is 0 Å². The summed E-state index contributed by atoms with van der Waals surface area (Å²) in [5.74, 6) is 0.451. The summed E-state index contributed by atoms with van der Waals surface area (Å²) >= 11 is 0. The van der Waals surface area contributed by atoms with E-state index in [1.807, 2.05) is 30.3 Å². The van der Waals surface area contributed by atoms with Crippen molar-refractivity contribution in [2.24, 2.45) is 0 Å². The molecule has 0 bridgehead atoms. The molecule has 0 saturated carbocycles. The molecule has 3 aromatic heterocycles. The minimum Gasteiger partial charge on any atom is -0.361 e. The number of aromatic amines is 1. The van der Waals surface area contributed by atoms with Crippen molar-refractivity contribution < 1.29 is 14.1 Å². The lowest BCUT2D eigenvalue weighted by atomic mass is 9.96. The largest absolute Gasteiger partial charge is 0.361 e. The number of Topliss-reactive ketones (excluding diaryl/α,β-unsaturated/α-hetero) is 1. The molecule has 0 saturated heterocycles. The van der Waals surface area contributed by atoms with Gasteiger partial charge in [0.15, 0.2) is 5.69 Å². The Morgan fingerprint density at radius 1 is 1.19 bits per heavy atom. The molecule has 27 heavy (non-hydrogen) atoms. The van der Waals surface area contributed by atoms with Gasteiger partial charge in [-0.1, -0.05) is 29.4 Å². The summed E-state index contributed by atoms with van der Waals surface area (Å²) in [6.45, 7) is 3.31. The first-order valence-electron chi connectivity index (χ1n) is 8.56. The van der Waals surface area contributed by atoms with E-state index in [1.165, 1.54) is 0 Å². The van der Waals surface area contributed by atoms with E-state index in [2.05, 4.69) is 15.1 Å². The number of hydrogen-bond donors (Lipinski definition) is 1. The van der Waals surface area contributed by atoms with E-state index in [0.29, 0.717) is 23.4 Å². The Morgan fingerprint density at radius 2 is 2.04 bits per heavy atom. The van der Waals surface area contributed by atoms with Crippen molar-refractivity contribution in [1.29, 1.82) is 0 Å². The number of nitrogens with one attached hydrogen (secondary N) is 1. The second kappa shape index (κ2) is 6.64. The van der Waals surface area contributed by atoms with Crippen LogP contribution in [0.15, 0.2) is 53.3 Å². The van der Waals surface area contributed by atoms with E-state index in [4.69, 9.17) is 4.52 Å². The van der Waals surface area contributed by atoms with Gasteiger partial charge in [0.25, 0.3) is 0 Å². The van der Waals surface area contributed by atoms with Gasteiger partial charge in [0, 0.05) is 30.3 Å². The first-order chi connectivity index (χ1) is 13.0. The Bertz CT molecular complexity index is 1170. The van der Waals surface area contributed by atoms with Crippen LogP contribution in [0.5, 0.6) is 0 Å². The normalized spacial score (nSPS) is 11.0. The van der Waals surface area contributed by atoms with Gasteiger partial charge in [-0.2, -0.15) is 0 Å². The maximum Gasteiger partial charge on any atom is 0.217 e. The number of aromatic nitrogens is 3. The van der Waals surface area contributed by atoms with Gasteiger partial charge in [0.2, 0.25) is 5.78 Å². The summed E-state index contributed by atoms with van der Waals surface area (Å²) in [7, 11) is 0. The predicted molar refractivity (Wildman–Crippen MR) is 101 cm³/mol. The van der Waals surface area contributed by atoms with Crippen LogP contribution in [0.4, 0.5) is 0 Å². The summed E-state index contributed by atoms with van der Waals surface area (Å²) in [5.41, 5.74) is 4.08. The molecule has 4 rings (SSSR count). The second-order valence-electron chi connectivity index (χ2n) is 6.52. The zero-order valence-corrected chi connectivity index (χ0v) is 14.9. The maximum atomic E-state index is 12.9. The SMILES string of the molecule is CC(=O)Cc1cccc(-c2ccnc3[nH]cc(C(=O)c4cc(C)on4)c23)c1. The summed E-state index contributed by atoms with van der Waals surface area (Å²) in [6, 6.07) is 11.2. The molecule has 4 aromatic rings. The number of fused-ring (bicyclic) bond motifs is 1. The number of pyridine rings is 1. The second-order valence-corrected chi connectivity index (χ2v) is 6.52. The zero-order valence-electron chi connectivity index (χ0n) is 14.9. The number of carbonyl (C=O) groups excluding carboxylic acids is 2. The first kappa shape index (κ1) is 16.9. The molecule has 134 valence electrons. The van der Waals surface area contributed by atoms with Gasteiger partial charge >= 0.3 is 0 Å². The van der Waals surface area contributed by atoms with E-state index in [1.54, 1.807) is 32.3 Å². The smallest absolute Gasteiger partial charge is 0.217 e. The van der Waals surface area contributed by atoms with Gasteiger partial charge in [0.05, 0.1) is 5.56 Å². The summed E-state index contributed by atoms with van der Waals surface area (Å²) < 4.78 is 5.03. The van der Waals surface area contributed by atoms with Gasteiger partial charge in [-0.15, -0.1) is 0 Å². The number of ketones is 2. The number of carbonyl (C=O) groups is 2. The van der Waals surface area contributed by atoms with E-state index in [0.717, 1.165) is 22.1 Å². The molecule has 6 heteroatoms. The molecule has 0 aliphatic heterocycles. The fraction of sp³-hybridized carbons (Fsp3) is 0.143. The highest BCUT2D eigenvalue weighted by molar-refractivity contribution is 6.17. The topological polar surface area (TPSA) is 88.9 Å². The van der Waals surface area contributed by atoms with Crippen LogP contribution >= 0.6 is 0 Å². The van der Waals surface area contributed by atoms with Crippen LogP contribution in [0.25, 0.3) is 22.2 Å². The lowest BCUT2D eigenvalue weighted by molar-refractivity contribution is -0.116. The highest BCUT2D eigenvalue weighted by Crippen LogP contribution is 2.31. The molecule has 0 amide bonds. The Morgan fingerprint density at radius 3 is 2.78 bits per heavy atom. The number of aryl methyl sites for hydroxylation is 1. The molecular weight excluding hydrogens is 342 g/mol. The fourth-order valence-corrected chi connectivity index (χ4v) is 3.22. The highest BCUT2D eigenvalue weighted by atomic mass is 16.5. The Balaban J connectivity index is 1.86. The number of rotatable bonds is 5. The van der Waals surface area contributed by atoms with E-state index in [9.17, 15) is 9.59 Å². The molecule has 6 nitrogen and oxygen atoms in total. The summed E-state index contributed by atoms with van der Waals surface area (Å²) in [5, 5.41) is 4.56. The molecule has 1 N–H and O–H groups in total. The third-order valence-corrected chi connectivity index (χ3v) is 4.37. The Labute approximate surface area is 155 Å². The van der Waals surface area contributed by atoms with E-state index >= 15 is 0 Å². The van der Waals surface area contributed by atoms with Gasteiger partial charge in [0.1, 0.15) is 17.2 Å². The third-order valence-electron chi connectivity index (χ3n) is 4.37. The Hall–Kier alpha value is -3.54. The molecular formula is C21H17N3O3. The van der Waals surface area contributed by atoms with Crippen LogP contribution in [0.3, 0.4) is 0 Å². The average Bonchev–Trinajstić information content (AvgIpc) is 3.27. The van der Waals surface area contributed by atoms with Gasteiger partial charge in [-0.3, -0.25) is 9.59 Å². The van der Waals surface area contributed by atoms with Gasteiger partial charge < -0.3 is 9.51 Å². The molecule has 0 aliphatic carbocycles. The molecule has 0 aliphatic rings. The van der Waals surface area contributed by atoms with Crippen molar-refractivity contribution in [3.8, 4) is 11.1 Å². The Kier molecular flexibility index (Phi) is 4.16. The number of H-pyrrole nitrogens is 1. The molecule has 0 unspecified atom stereocenters. The molecule has 0 spiro atoms. The lowest BCUT2D eigenvalue weighted by Gasteiger charge is -2.07. The van der Waals surface area contributed by atoms with Crippen molar-refractivity contribution in [3.05, 3.63) is 71.4 Å². The van der Waals surface area contributed by atoms with Crippen molar-refractivity contribution in [1.82, 2.24) is 15.1 Å². The monoisotopic (exact) mass is 359 g/mol. The van der Waals surface area contributed by atoms with Gasteiger partial charge in [-0.05, 0) is 36.6 Å². The minimum atomic E-state index is -0.229. The zero-order chi connectivity index (χ0) is 19.0. The van der Waals surface area contributed by atoms with Crippen LogP contribution < -0.4 is 0 Å². The molecule has 3 heterocycles. The number of nitrogens with zero attached hydrogens (tertiary/aromatic N) is 2. The fourth-order valence-electron chi connectivity index (χ4n) is 3.22. The maximum absolute atomic E-state index is 12.9. The number of hydrogen-bond acceptors (Lipinski definition) is 5. The van der Waals surface area contributed by atoms with Crippen molar-refractivity contribution in [3.63, 3.8) is 0 Å². The third kappa shape index (κ3) is 3.17. The standard InChI is InChI=1S/C21H17N3O3/c1-12(25)8-14-4-3-5-15(10-14)16-6-7-22-21-19(16)17(11-23-21)20(26)18-9-13(2)27-24-18/h3-7,9-11H,8H2,1-2H3,(H,22,23). The van der Waals surface area contributed by atoms with Gasteiger partial charge in [-0.25, -0.2) is 4.98 Å². The minimum absolute atomic E-state index is 0.103. The molecule has 0 radical (unpaired) electrons. The first-order valence-corrected chi connectivity index (χ1v) is 8.56. The predicted octanol–water partition coefficient (Wildman–Crippen LogP) is 3.89. The molecule has 0 fully saturated rings. The van der Waals surface area contributed by atoms with Crippen LogP contribution in [-0.2, 0) is 11.2 Å². The number of benzene rings is 1.